The first-order valence-electron chi connectivity index (χ1n) is 7.91. The molecule has 2 aromatic heterocycles. The lowest BCUT2D eigenvalue weighted by Crippen LogP contribution is -2.11. The Bertz CT molecular complexity index is 1010. The number of hydrogen-bond acceptors (Lipinski definition) is 5. The van der Waals surface area contributed by atoms with E-state index in [4.69, 9.17) is 4.74 Å². The average molecular weight is 395 g/mol. The van der Waals surface area contributed by atoms with E-state index in [-0.39, 0.29) is 15.6 Å². The summed E-state index contributed by atoms with van der Waals surface area (Å²) in [5.41, 5.74) is 1.77. The number of aromatic nitrogens is 2. The van der Waals surface area contributed by atoms with Crippen molar-refractivity contribution in [2.45, 2.75) is 24.1 Å². The number of nitrogens with zero attached hydrogens (tertiary/aromatic N) is 2. The number of halogens is 1. The highest BCUT2D eigenvalue weighted by molar-refractivity contribution is 7.94. The minimum atomic E-state index is -3.81. The SMILES string of the molecule is CCCn1nccc1-c1csc(S(=O)(=O)Nc2ccc(OC)c(F)c2)c1. The Balaban J connectivity index is 1.85. The number of anilines is 1. The molecule has 0 aliphatic heterocycles. The van der Waals surface area contributed by atoms with Crippen molar-refractivity contribution < 1.29 is 17.5 Å². The summed E-state index contributed by atoms with van der Waals surface area (Å²) in [6.07, 6.45) is 2.61. The van der Waals surface area contributed by atoms with Crippen molar-refractivity contribution in [3.8, 4) is 17.0 Å². The number of aryl methyl sites for hydroxylation is 1. The molecule has 0 saturated heterocycles. The van der Waals surface area contributed by atoms with Crippen LogP contribution in [0.2, 0.25) is 0 Å². The molecule has 0 bridgehead atoms. The second-order valence-electron chi connectivity index (χ2n) is 5.55. The first kappa shape index (κ1) is 18.4. The first-order chi connectivity index (χ1) is 12.4. The third kappa shape index (κ3) is 3.73. The average Bonchev–Trinajstić information content (AvgIpc) is 3.24. The van der Waals surface area contributed by atoms with Crippen molar-refractivity contribution in [3.05, 3.63) is 47.7 Å². The maximum absolute atomic E-state index is 13.8. The second kappa shape index (κ2) is 7.46. The smallest absolute Gasteiger partial charge is 0.271 e. The lowest BCUT2D eigenvalue weighted by molar-refractivity contribution is 0.386. The summed E-state index contributed by atoms with van der Waals surface area (Å²) in [4.78, 5) is 0. The van der Waals surface area contributed by atoms with Gasteiger partial charge in [-0.3, -0.25) is 9.40 Å². The highest BCUT2D eigenvalue weighted by Gasteiger charge is 2.19. The summed E-state index contributed by atoms with van der Waals surface area (Å²) in [6, 6.07) is 7.35. The number of sulfonamides is 1. The van der Waals surface area contributed by atoms with Gasteiger partial charge in [0, 0.05) is 29.8 Å². The molecule has 26 heavy (non-hydrogen) atoms. The third-order valence-electron chi connectivity index (χ3n) is 3.69. The van der Waals surface area contributed by atoms with Crippen molar-refractivity contribution in [3.63, 3.8) is 0 Å². The van der Waals surface area contributed by atoms with E-state index in [0.717, 1.165) is 41.6 Å². The number of thiophene rings is 1. The van der Waals surface area contributed by atoms with Crippen LogP contribution in [0.1, 0.15) is 13.3 Å². The van der Waals surface area contributed by atoms with Gasteiger partial charge in [0.1, 0.15) is 4.21 Å². The van der Waals surface area contributed by atoms with Crippen LogP contribution >= 0.6 is 11.3 Å². The maximum atomic E-state index is 13.8. The second-order valence-corrected chi connectivity index (χ2v) is 8.37. The van der Waals surface area contributed by atoms with E-state index < -0.39 is 15.8 Å². The minimum Gasteiger partial charge on any atom is -0.494 e. The molecule has 3 rings (SSSR count). The van der Waals surface area contributed by atoms with E-state index in [0.29, 0.717) is 0 Å². The maximum Gasteiger partial charge on any atom is 0.271 e. The van der Waals surface area contributed by atoms with Gasteiger partial charge in [-0.2, -0.15) is 5.10 Å². The molecule has 3 aromatic rings. The highest BCUT2D eigenvalue weighted by Crippen LogP contribution is 2.30. The van der Waals surface area contributed by atoms with Crippen LogP contribution in [0.3, 0.4) is 0 Å². The summed E-state index contributed by atoms with van der Waals surface area (Å²) >= 11 is 1.10. The number of methoxy groups -OCH3 is 1. The van der Waals surface area contributed by atoms with Crippen molar-refractivity contribution in [2.24, 2.45) is 0 Å². The molecule has 2 heterocycles. The Morgan fingerprint density at radius 1 is 1.31 bits per heavy atom. The molecule has 0 amide bonds. The van der Waals surface area contributed by atoms with E-state index in [1.165, 1.54) is 19.2 Å². The predicted octanol–water partition coefficient (Wildman–Crippen LogP) is 3.97. The lowest BCUT2D eigenvalue weighted by Gasteiger charge is -2.08. The standard InChI is InChI=1S/C17H18FN3O3S2/c1-3-8-21-15(6-7-19-21)12-9-17(25-11-12)26(22,23)20-13-4-5-16(24-2)14(18)10-13/h4-7,9-11,20H,3,8H2,1-2H3. The topological polar surface area (TPSA) is 73.2 Å². The number of benzene rings is 1. The number of hydrogen-bond donors (Lipinski definition) is 1. The van der Waals surface area contributed by atoms with Crippen molar-refractivity contribution in [1.29, 1.82) is 0 Å². The Morgan fingerprint density at radius 2 is 2.12 bits per heavy atom. The van der Waals surface area contributed by atoms with Crippen LogP contribution in [0.4, 0.5) is 10.1 Å². The number of rotatable bonds is 7. The molecule has 9 heteroatoms. The number of ether oxygens (including phenoxy) is 1. The van der Waals surface area contributed by atoms with Crippen molar-refractivity contribution in [2.75, 3.05) is 11.8 Å². The largest absolute Gasteiger partial charge is 0.494 e. The molecular weight excluding hydrogens is 377 g/mol. The molecule has 0 radical (unpaired) electrons. The van der Waals surface area contributed by atoms with Gasteiger partial charge in [0.05, 0.1) is 18.5 Å². The molecule has 6 nitrogen and oxygen atoms in total. The van der Waals surface area contributed by atoms with Crippen LogP contribution in [0, 0.1) is 5.82 Å². The Morgan fingerprint density at radius 3 is 2.81 bits per heavy atom. The monoisotopic (exact) mass is 395 g/mol. The molecule has 0 aliphatic rings. The van der Waals surface area contributed by atoms with Gasteiger partial charge in [0.25, 0.3) is 10.0 Å². The zero-order valence-electron chi connectivity index (χ0n) is 14.3. The quantitative estimate of drug-likeness (QED) is 0.657. The van der Waals surface area contributed by atoms with Crippen LogP contribution in [0.5, 0.6) is 5.75 Å². The molecule has 0 saturated carbocycles. The Hall–Kier alpha value is -2.39. The zero-order chi connectivity index (χ0) is 18.7. The molecule has 0 aliphatic carbocycles. The van der Waals surface area contributed by atoms with E-state index in [2.05, 4.69) is 9.82 Å². The third-order valence-corrected chi connectivity index (χ3v) is 6.51. The fourth-order valence-electron chi connectivity index (χ4n) is 2.49. The summed E-state index contributed by atoms with van der Waals surface area (Å²) < 4.78 is 48.1. The summed E-state index contributed by atoms with van der Waals surface area (Å²) in [5, 5.41) is 6.02. The van der Waals surface area contributed by atoms with Crippen LogP contribution < -0.4 is 9.46 Å². The van der Waals surface area contributed by atoms with Gasteiger partial charge in [0.2, 0.25) is 0 Å². The van der Waals surface area contributed by atoms with Gasteiger partial charge in [-0.05, 0) is 30.7 Å². The Labute approximate surface area is 155 Å². The zero-order valence-corrected chi connectivity index (χ0v) is 15.9. The van der Waals surface area contributed by atoms with Crippen LogP contribution in [-0.4, -0.2) is 25.3 Å². The van der Waals surface area contributed by atoms with Gasteiger partial charge < -0.3 is 4.74 Å². The van der Waals surface area contributed by atoms with E-state index >= 15 is 0 Å². The van der Waals surface area contributed by atoms with Gasteiger partial charge in [-0.15, -0.1) is 11.3 Å². The lowest BCUT2D eigenvalue weighted by atomic mass is 10.2. The number of nitrogens with one attached hydrogen (secondary N) is 1. The van der Waals surface area contributed by atoms with Gasteiger partial charge in [-0.25, -0.2) is 12.8 Å². The molecule has 1 N–H and O–H groups in total. The molecule has 138 valence electrons. The normalized spacial score (nSPS) is 11.5. The fraction of sp³-hybridized carbons (Fsp3) is 0.235. The van der Waals surface area contributed by atoms with Crippen LogP contribution in [0.15, 0.2) is 46.1 Å². The molecular formula is C17H18FN3O3S2. The van der Waals surface area contributed by atoms with Gasteiger partial charge in [0.15, 0.2) is 11.6 Å². The predicted molar refractivity (Wildman–Crippen MR) is 99.6 cm³/mol. The molecule has 0 unspecified atom stereocenters. The summed E-state index contributed by atoms with van der Waals surface area (Å²) in [6.45, 7) is 2.80. The molecule has 0 fully saturated rings. The first-order valence-corrected chi connectivity index (χ1v) is 10.3. The van der Waals surface area contributed by atoms with Gasteiger partial charge in [-0.1, -0.05) is 6.92 Å². The van der Waals surface area contributed by atoms with Crippen molar-refractivity contribution >= 4 is 27.0 Å². The highest BCUT2D eigenvalue weighted by atomic mass is 32.2. The molecule has 0 spiro atoms. The van der Waals surface area contributed by atoms with Crippen LogP contribution in [0.25, 0.3) is 11.3 Å². The Kier molecular flexibility index (Phi) is 5.28. The molecule has 0 atom stereocenters. The van der Waals surface area contributed by atoms with E-state index in [1.807, 2.05) is 17.7 Å². The van der Waals surface area contributed by atoms with Crippen LogP contribution in [-0.2, 0) is 16.6 Å². The minimum absolute atomic E-state index is 0.0514. The fourth-order valence-corrected chi connectivity index (χ4v) is 4.72. The summed E-state index contributed by atoms with van der Waals surface area (Å²) in [5.74, 6) is -0.585. The van der Waals surface area contributed by atoms with E-state index in [1.54, 1.807) is 17.6 Å². The van der Waals surface area contributed by atoms with Crippen molar-refractivity contribution in [1.82, 2.24) is 9.78 Å². The van der Waals surface area contributed by atoms with E-state index in [9.17, 15) is 12.8 Å². The summed E-state index contributed by atoms with van der Waals surface area (Å²) in [7, 11) is -2.47. The molecule has 1 aromatic carbocycles. The van der Waals surface area contributed by atoms with Gasteiger partial charge >= 0.3 is 0 Å².